The van der Waals surface area contributed by atoms with E-state index in [2.05, 4.69) is 12.6 Å². The van der Waals surface area contributed by atoms with Gasteiger partial charge in [-0.05, 0) is 30.9 Å². The van der Waals surface area contributed by atoms with Crippen LogP contribution in [0.3, 0.4) is 0 Å². The summed E-state index contributed by atoms with van der Waals surface area (Å²) in [7, 11) is 0. The first-order valence-corrected chi connectivity index (χ1v) is 3.91. The molecule has 0 bridgehead atoms. The van der Waals surface area contributed by atoms with Gasteiger partial charge in [0.1, 0.15) is 0 Å². The van der Waals surface area contributed by atoms with Gasteiger partial charge in [-0.25, -0.2) is 4.39 Å². The van der Waals surface area contributed by atoms with Crippen molar-refractivity contribution < 1.29 is 4.39 Å². The minimum absolute atomic E-state index is 0.0630. The van der Waals surface area contributed by atoms with E-state index in [1.165, 1.54) is 0 Å². The molecule has 0 fully saturated rings. The highest BCUT2D eigenvalue weighted by molar-refractivity contribution is 7.80. The van der Waals surface area contributed by atoms with Gasteiger partial charge < -0.3 is 0 Å². The molecule has 0 aromatic rings. The molecule has 0 spiro atoms. The molecule has 1 rings (SSSR count). The van der Waals surface area contributed by atoms with Crippen LogP contribution in [-0.4, -0.2) is 5.75 Å². The Kier molecular flexibility index (Phi) is 2.58. The Labute approximate surface area is 60.6 Å². The van der Waals surface area contributed by atoms with Crippen molar-refractivity contribution in [2.24, 2.45) is 5.92 Å². The molecule has 0 saturated carbocycles. The van der Waals surface area contributed by atoms with E-state index in [4.69, 9.17) is 0 Å². The predicted molar refractivity (Wildman–Crippen MR) is 40.4 cm³/mol. The summed E-state index contributed by atoms with van der Waals surface area (Å²) >= 11 is 4.14. The average Bonchev–Trinajstić information content (AvgIpc) is 1.90. The van der Waals surface area contributed by atoms with Crippen molar-refractivity contribution in [3.63, 3.8) is 0 Å². The Bertz CT molecular complexity index is 120. The normalized spacial score (nSPS) is 27.8. The fourth-order valence-electron chi connectivity index (χ4n) is 1.02. The molecule has 0 aromatic carbocycles. The second kappa shape index (κ2) is 3.25. The van der Waals surface area contributed by atoms with Crippen molar-refractivity contribution in [3.05, 3.63) is 11.9 Å². The maximum Gasteiger partial charge on any atom is 0.0960 e. The molecule has 0 nitrogen and oxygen atoms in total. The molecule has 52 valence electrons. The van der Waals surface area contributed by atoms with Crippen LogP contribution < -0.4 is 0 Å². The van der Waals surface area contributed by atoms with Crippen LogP contribution in [-0.2, 0) is 0 Å². The highest BCUT2D eigenvalue weighted by Gasteiger charge is 2.11. The molecule has 9 heavy (non-hydrogen) atoms. The monoisotopic (exact) mass is 146 g/mol. The molecule has 1 aliphatic carbocycles. The lowest BCUT2D eigenvalue weighted by molar-refractivity contribution is 0.457. The van der Waals surface area contributed by atoms with Crippen molar-refractivity contribution in [2.75, 3.05) is 5.75 Å². The summed E-state index contributed by atoms with van der Waals surface area (Å²) < 4.78 is 12.3. The second-order valence-electron chi connectivity index (χ2n) is 2.47. The summed E-state index contributed by atoms with van der Waals surface area (Å²) in [6.45, 7) is 0. The van der Waals surface area contributed by atoms with E-state index in [1.807, 2.05) is 0 Å². The summed E-state index contributed by atoms with van der Waals surface area (Å²) in [4.78, 5) is 0. The van der Waals surface area contributed by atoms with E-state index in [1.54, 1.807) is 6.08 Å². The van der Waals surface area contributed by atoms with Crippen LogP contribution in [0.5, 0.6) is 0 Å². The maximum absolute atomic E-state index is 12.3. The van der Waals surface area contributed by atoms with Gasteiger partial charge in [0.25, 0.3) is 0 Å². The third-order valence-corrected chi connectivity index (χ3v) is 2.24. The van der Waals surface area contributed by atoms with Crippen LogP contribution in [0.2, 0.25) is 0 Å². The lowest BCUT2D eigenvalue weighted by Gasteiger charge is -2.15. The number of rotatable bonds is 1. The van der Waals surface area contributed by atoms with Gasteiger partial charge in [-0.1, -0.05) is 6.08 Å². The predicted octanol–water partition coefficient (Wildman–Crippen LogP) is 2.57. The molecule has 1 unspecified atom stereocenters. The van der Waals surface area contributed by atoms with Gasteiger partial charge >= 0.3 is 0 Å². The van der Waals surface area contributed by atoms with Gasteiger partial charge in [0.05, 0.1) is 5.83 Å². The van der Waals surface area contributed by atoms with E-state index in [9.17, 15) is 4.39 Å². The van der Waals surface area contributed by atoms with Crippen molar-refractivity contribution in [1.29, 1.82) is 0 Å². The lowest BCUT2D eigenvalue weighted by atomic mass is 9.96. The molecule has 1 atom stereocenters. The largest absolute Gasteiger partial charge is 0.212 e. The van der Waals surface area contributed by atoms with Gasteiger partial charge in [0, 0.05) is 0 Å². The minimum Gasteiger partial charge on any atom is -0.212 e. The van der Waals surface area contributed by atoms with Gasteiger partial charge in [-0.15, -0.1) is 0 Å². The Morgan fingerprint density at radius 1 is 1.78 bits per heavy atom. The van der Waals surface area contributed by atoms with Gasteiger partial charge in [0.15, 0.2) is 0 Å². The lowest BCUT2D eigenvalue weighted by Crippen LogP contribution is -2.05. The molecule has 0 aliphatic heterocycles. The number of hydrogen-bond donors (Lipinski definition) is 1. The molecular weight excluding hydrogens is 135 g/mol. The third-order valence-electron chi connectivity index (χ3n) is 1.72. The molecule has 0 radical (unpaired) electrons. The molecule has 0 N–H and O–H groups in total. The van der Waals surface area contributed by atoms with Crippen molar-refractivity contribution in [1.82, 2.24) is 0 Å². The minimum atomic E-state index is 0.0630. The van der Waals surface area contributed by atoms with Crippen molar-refractivity contribution in [3.8, 4) is 0 Å². The van der Waals surface area contributed by atoms with Gasteiger partial charge in [-0.3, -0.25) is 0 Å². The number of halogens is 1. The number of thiol groups is 1. The van der Waals surface area contributed by atoms with E-state index >= 15 is 0 Å². The molecule has 0 heterocycles. The molecule has 1 aliphatic rings. The number of allylic oxidation sites excluding steroid dienone is 2. The van der Waals surface area contributed by atoms with E-state index in [0.717, 1.165) is 18.6 Å². The summed E-state index contributed by atoms with van der Waals surface area (Å²) in [5, 5.41) is 0. The van der Waals surface area contributed by atoms with Crippen LogP contribution >= 0.6 is 12.6 Å². The first-order chi connectivity index (χ1) is 4.33. The first-order valence-electron chi connectivity index (χ1n) is 3.28. The summed E-state index contributed by atoms with van der Waals surface area (Å²) in [6.07, 6.45) is 4.18. The maximum atomic E-state index is 12.3. The fraction of sp³-hybridized carbons (Fsp3) is 0.714. The Balaban J connectivity index is 2.36. The van der Waals surface area contributed by atoms with Crippen LogP contribution in [0.1, 0.15) is 19.3 Å². The molecule has 0 amide bonds. The number of hydrogen-bond acceptors (Lipinski definition) is 1. The van der Waals surface area contributed by atoms with E-state index in [0.29, 0.717) is 12.3 Å². The fourth-order valence-corrected chi connectivity index (χ4v) is 1.35. The topological polar surface area (TPSA) is 0 Å². The molecular formula is C7H11FS. The van der Waals surface area contributed by atoms with Gasteiger partial charge in [0.2, 0.25) is 0 Å². The quantitative estimate of drug-likeness (QED) is 0.540. The zero-order chi connectivity index (χ0) is 6.69. The third kappa shape index (κ3) is 2.01. The zero-order valence-corrected chi connectivity index (χ0v) is 6.20. The van der Waals surface area contributed by atoms with Crippen LogP contribution in [0, 0.1) is 5.92 Å². The van der Waals surface area contributed by atoms with E-state index < -0.39 is 0 Å². The first kappa shape index (κ1) is 7.13. The highest BCUT2D eigenvalue weighted by Crippen LogP contribution is 2.24. The van der Waals surface area contributed by atoms with Crippen molar-refractivity contribution in [2.45, 2.75) is 19.3 Å². The Morgan fingerprint density at radius 2 is 2.56 bits per heavy atom. The van der Waals surface area contributed by atoms with Gasteiger partial charge in [-0.2, -0.15) is 12.6 Å². The summed E-state index contributed by atoms with van der Waals surface area (Å²) in [5.41, 5.74) is 0. The summed E-state index contributed by atoms with van der Waals surface area (Å²) in [6, 6.07) is 0. The smallest absolute Gasteiger partial charge is 0.0960 e. The molecule has 0 saturated heterocycles. The van der Waals surface area contributed by atoms with Crippen molar-refractivity contribution >= 4 is 12.6 Å². The highest BCUT2D eigenvalue weighted by atomic mass is 32.1. The second-order valence-corrected chi connectivity index (χ2v) is 2.84. The molecule has 2 heteroatoms. The SMILES string of the molecule is FC1=CCC(CS)CC1. The van der Waals surface area contributed by atoms with Crippen LogP contribution in [0.25, 0.3) is 0 Å². The Hall–Kier alpha value is 0.0200. The Morgan fingerprint density at radius 3 is 3.00 bits per heavy atom. The summed E-state index contributed by atoms with van der Waals surface area (Å²) in [5.74, 6) is 1.57. The van der Waals surface area contributed by atoms with E-state index in [-0.39, 0.29) is 5.83 Å². The zero-order valence-electron chi connectivity index (χ0n) is 5.31. The standard InChI is InChI=1S/C7H11FS/c8-7-3-1-6(5-9)2-4-7/h3,6,9H,1-2,4-5H2. The molecule has 0 aromatic heterocycles. The van der Waals surface area contributed by atoms with Crippen LogP contribution in [0.4, 0.5) is 4.39 Å². The average molecular weight is 146 g/mol. The van der Waals surface area contributed by atoms with Crippen LogP contribution in [0.15, 0.2) is 11.9 Å².